The van der Waals surface area contributed by atoms with Gasteiger partial charge in [0.15, 0.2) is 0 Å². The molecule has 0 aliphatic heterocycles. The molecule has 0 heterocycles. The van der Waals surface area contributed by atoms with Crippen molar-refractivity contribution < 1.29 is 26.8 Å². The van der Waals surface area contributed by atoms with Crippen molar-refractivity contribution in [3.63, 3.8) is 0 Å². The van der Waals surface area contributed by atoms with Crippen LogP contribution in [0.25, 0.3) is 0 Å². The van der Waals surface area contributed by atoms with Crippen LogP contribution in [-0.4, -0.2) is 11.7 Å². The summed E-state index contributed by atoms with van der Waals surface area (Å²) >= 11 is 0. The third-order valence-electron chi connectivity index (χ3n) is 1.05. The van der Waals surface area contributed by atoms with Gasteiger partial charge < -0.3 is 5.11 Å². The molecule has 0 amide bonds. The SMILES string of the molecule is C.OCC1=CC=CC1.[Ti]. The van der Waals surface area contributed by atoms with Crippen LogP contribution in [0.1, 0.15) is 13.8 Å². The van der Waals surface area contributed by atoms with Crippen molar-refractivity contribution >= 4 is 0 Å². The van der Waals surface area contributed by atoms with Crippen LogP contribution in [0, 0.1) is 0 Å². The summed E-state index contributed by atoms with van der Waals surface area (Å²) in [4.78, 5) is 0. The molecular weight excluding hydrogens is 148 g/mol. The molecule has 9 heavy (non-hydrogen) atoms. The van der Waals surface area contributed by atoms with Gasteiger partial charge in [-0.1, -0.05) is 25.7 Å². The van der Waals surface area contributed by atoms with Crippen LogP contribution in [0.2, 0.25) is 0 Å². The maximum Gasteiger partial charge on any atom is 0.0647 e. The van der Waals surface area contributed by atoms with Crippen molar-refractivity contribution in [2.45, 2.75) is 13.8 Å². The molecule has 1 aliphatic carbocycles. The molecule has 0 saturated heterocycles. The Bertz CT molecular complexity index is 116. The maximum atomic E-state index is 8.46. The first kappa shape index (κ1) is 11.9. The van der Waals surface area contributed by atoms with E-state index in [1.165, 1.54) is 0 Å². The molecule has 0 unspecified atom stereocenters. The van der Waals surface area contributed by atoms with Gasteiger partial charge in [-0.2, -0.15) is 0 Å². The third-order valence-corrected chi connectivity index (χ3v) is 1.05. The molecule has 0 radical (unpaired) electrons. The molecule has 1 rings (SSSR count). The Labute approximate surface area is 71.4 Å². The van der Waals surface area contributed by atoms with Gasteiger partial charge in [0, 0.05) is 21.7 Å². The molecule has 1 aliphatic rings. The van der Waals surface area contributed by atoms with E-state index >= 15 is 0 Å². The molecule has 0 atom stereocenters. The van der Waals surface area contributed by atoms with Crippen molar-refractivity contribution in [3.05, 3.63) is 23.8 Å². The van der Waals surface area contributed by atoms with Crippen LogP contribution in [0.5, 0.6) is 0 Å². The second-order valence-electron chi connectivity index (χ2n) is 1.62. The van der Waals surface area contributed by atoms with Crippen LogP contribution in [0.3, 0.4) is 0 Å². The molecule has 0 spiro atoms. The smallest absolute Gasteiger partial charge is 0.0647 e. The van der Waals surface area contributed by atoms with Gasteiger partial charge in [-0.3, -0.25) is 0 Å². The molecule has 0 bridgehead atoms. The van der Waals surface area contributed by atoms with E-state index in [0.29, 0.717) is 0 Å². The van der Waals surface area contributed by atoms with E-state index in [4.69, 9.17) is 5.11 Å². The summed E-state index contributed by atoms with van der Waals surface area (Å²) in [6.45, 7) is 0.215. The minimum absolute atomic E-state index is 0. The fraction of sp³-hybridized carbons (Fsp3) is 0.429. The van der Waals surface area contributed by atoms with Gasteiger partial charge in [0.05, 0.1) is 6.61 Å². The van der Waals surface area contributed by atoms with Crippen molar-refractivity contribution in [3.8, 4) is 0 Å². The van der Waals surface area contributed by atoms with Gasteiger partial charge in [0.1, 0.15) is 0 Å². The normalized spacial score (nSPS) is 13.7. The minimum atomic E-state index is 0. The Balaban J connectivity index is 0. The quantitative estimate of drug-likeness (QED) is 0.576. The van der Waals surface area contributed by atoms with E-state index in [-0.39, 0.29) is 35.8 Å². The van der Waals surface area contributed by atoms with Crippen LogP contribution >= 0.6 is 0 Å². The number of aliphatic hydroxyl groups excluding tert-OH is 1. The van der Waals surface area contributed by atoms with Crippen molar-refractivity contribution in [1.82, 2.24) is 0 Å². The predicted molar refractivity (Wildman–Crippen MR) is 35.7 cm³/mol. The molecule has 0 aromatic carbocycles. The molecule has 1 N–H and O–H groups in total. The Morgan fingerprint density at radius 2 is 2.22 bits per heavy atom. The fourth-order valence-electron chi connectivity index (χ4n) is 0.609. The summed E-state index contributed by atoms with van der Waals surface area (Å²) in [6.07, 6.45) is 6.88. The Hall–Kier alpha value is 0.154. The first-order chi connectivity index (χ1) is 3.43. The molecule has 0 saturated carbocycles. The molecule has 0 fully saturated rings. The van der Waals surface area contributed by atoms with E-state index in [9.17, 15) is 0 Å². The average molecular weight is 160 g/mol. The second-order valence-corrected chi connectivity index (χ2v) is 1.62. The van der Waals surface area contributed by atoms with Crippen molar-refractivity contribution in [1.29, 1.82) is 0 Å². The molecule has 0 aromatic rings. The van der Waals surface area contributed by atoms with Crippen molar-refractivity contribution in [2.24, 2.45) is 0 Å². The Morgan fingerprint density at radius 3 is 2.44 bits per heavy atom. The molecule has 0 aromatic heterocycles. The Morgan fingerprint density at radius 1 is 1.56 bits per heavy atom. The summed E-state index contributed by atoms with van der Waals surface area (Å²) in [5, 5.41) is 8.46. The zero-order valence-electron chi connectivity index (χ0n) is 4.59. The van der Waals surface area contributed by atoms with E-state index in [2.05, 4.69) is 0 Å². The van der Waals surface area contributed by atoms with Gasteiger partial charge in [-0.25, -0.2) is 0 Å². The molecule has 50 valence electrons. The van der Waals surface area contributed by atoms with E-state index in [1.807, 2.05) is 18.2 Å². The number of hydrogen-bond donors (Lipinski definition) is 1. The minimum Gasteiger partial charge on any atom is -0.392 e. The number of allylic oxidation sites excluding steroid dienone is 3. The summed E-state index contributed by atoms with van der Waals surface area (Å²) < 4.78 is 0. The van der Waals surface area contributed by atoms with E-state index in [1.54, 1.807) is 0 Å². The summed E-state index contributed by atoms with van der Waals surface area (Å²) in [7, 11) is 0. The van der Waals surface area contributed by atoms with Gasteiger partial charge >= 0.3 is 0 Å². The summed E-state index contributed by atoms with van der Waals surface area (Å²) in [5.74, 6) is 0. The topological polar surface area (TPSA) is 20.2 Å². The second kappa shape index (κ2) is 6.28. The van der Waals surface area contributed by atoms with Crippen molar-refractivity contribution in [2.75, 3.05) is 6.61 Å². The summed E-state index contributed by atoms with van der Waals surface area (Å²) in [6, 6.07) is 0. The first-order valence-electron chi connectivity index (χ1n) is 2.39. The third kappa shape index (κ3) is 3.69. The molecule has 1 nitrogen and oxygen atoms in total. The Kier molecular flexibility index (Phi) is 8.29. The first-order valence-corrected chi connectivity index (χ1v) is 2.39. The number of hydrogen-bond acceptors (Lipinski definition) is 1. The molecule has 2 heteroatoms. The molecular formula is C7H12OTi. The van der Waals surface area contributed by atoms with Gasteiger partial charge in [-0.05, 0) is 12.0 Å². The standard InChI is InChI=1S/C6H8O.CH4.Ti/c7-5-6-3-1-2-4-6;;/h1-3,7H,4-5H2;1H4;. The van der Waals surface area contributed by atoms with Crippen LogP contribution in [-0.2, 0) is 21.7 Å². The van der Waals surface area contributed by atoms with E-state index in [0.717, 1.165) is 12.0 Å². The largest absolute Gasteiger partial charge is 0.392 e. The monoisotopic (exact) mass is 160 g/mol. The van der Waals surface area contributed by atoms with Crippen LogP contribution < -0.4 is 0 Å². The fourth-order valence-corrected chi connectivity index (χ4v) is 0.609. The number of rotatable bonds is 1. The van der Waals surface area contributed by atoms with E-state index < -0.39 is 0 Å². The van der Waals surface area contributed by atoms with Crippen LogP contribution in [0.4, 0.5) is 0 Å². The van der Waals surface area contributed by atoms with Gasteiger partial charge in [0.2, 0.25) is 0 Å². The van der Waals surface area contributed by atoms with Gasteiger partial charge in [-0.15, -0.1) is 0 Å². The van der Waals surface area contributed by atoms with Crippen LogP contribution in [0.15, 0.2) is 23.8 Å². The van der Waals surface area contributed by atoms with Gasteiger partial charge in [0.25, 0.3) is 0 Å². The average Bonchev–Trinajstić information content (AvgIpc) is 2.14. The maximum absolute atomic E-state index is 8.46. The predicted octanol–water partition coefficient (Wildman–Crippen LogP) is 1.50. The summed E-state index contributed by atoms with van der Waals surface area (Å²) in [5.41, 5.74) is 1.11. The number of aliphatic hydroxyl groups is 1. The zero-order valence-corrected chi connectivity index (χ0v) is 6.16. The zero-order chi connectivity index (χ0) is 5.11.